The first-order chi connectivity index (χ1) is 9.77. The number of carbonyl (C=O) groups is 2. The second-order valence-electron chi connectivity index (χ2n) is 4.61. The van der Waals surface area contributed by atoms with E-state index in [1.807, 2.05) is 24.3 Å². The molecule has 0 fully saturated rings. The average molecular weight is 263 g/mol. The van der Waals surface area contributed by atoms with Crippen LogP contribution in [-0.4, -0.2) is 22.0 Å². The second kappa shape index (κ2) is 3.77. The Morgan fingerprint density at radius 1 is 0.950 bits per heavy atom. The Balaban J connectivity index is 2.05. The SMILES string of the molecule is O=C1c2cccc3cccc(c23)C(=O)N1c1cn[nH]c1. The van der Waals surface area contributed by atoms with E-state index in [-0.39, 0.29) is 11.8 Å². The summed E-state index contributed by atoms with van der Waals surface area (Å²) in [5, 5.41) is 8.04. The smallest absolute Gasteiger partial charge is 0.266 e. The lowest BCUT2D eigenvalue weighted by atomic mass is 9.94. The fraction of sp³-hybridized carbons (Fsp3) is 0. The number of aromatic nitrogens is 2. The highest BCUT2D eigenvalue weighted by Crippen LogP contribution is 2.32. The predicted molar refractivity (Wildman–Crippen MR) is 73.7 cm³/mol. The highest BCUT2D eigenvalue weighted by atomic mass is 16.2. The fourth-order valence-electron chi connectivity index (χ4n) is 2.63. The molecule has 5 nitrogen and oxygen atoms in total. The first-order valence-electron chi connectivity index (χ1n) is 6.16. The number of nitrogens with one attached hydrogen (secondary N) is 1. The van der Waals surface area contributed by atoms with E-state index in [9.17, 15) is 9.59 Å². The van der Waals surface area contributed by atoms with Gasteiger partial charge in [-0.15, -0.1) is 0 Å². The maximum absolute atomic E-state index is 12.6. The number of nitrogens with zero attached hydrogens (tertiary/aromatic N) is 2. The molecule has 96 valence electrons. The van der Waals surface area contributed by atoms with Gasteiger partial charge < -0.3 is 0 Å². The molecule has 0 atom stereocenters. The van der Waals surface area contributed by atoms with Crippen LogP contribution in [0.5, 0.6) is 0 Å². The topological polar surface area (TPSA) is 66.1 Å². The molecule has 1 aliphatic rings. The van der Waals surface area contributed by atoms with Gasteiger partial charge in [-0.3, -0.25) is 14.7 Å². The van der Waals surface area contributed by atoms with E-state index in [4.69, 9.17) is 0 Å². The van der Waals surface area contributed by atoms with E-state index in [2.05, 4.69) is 10.2 Å². The summed E-state index contributed by atoms with van der Waals surface area (Å²) < 4.78 is 0. The first kappa shape index (κ1) is 10.9. The van der Waals surface area contributed by atoms with Crippen molar-refractivity contribution in [3.63, 3.8) is 0 Å². The van der Waals surface area contributed by atoms with E-state index in [1.165, 1.54) is 12.4 Å². The average Bonchev–Trinajstić information content (AvgIpc) is 2.99. The summed E-state index contributed by atoms with van der Waals surface area (Å²) in [7, 11) is 0. The van der Waals surface area contributed by atoms with Gasteiger partial charge in [-0.25, -0.2) is 4.90 Å². The molecule has 1 N–H and O–H groups in total. The molecule has 0 spiro atoms. The Morgan fingerprint density at radius 2 is 1.60 bits per heavy atom. The monoisotopic (exact) mass is 263 g/mol. The Hall–Kier alpha value is -2.95. The number of H-pyrrole nitrogens is 1. The number of benzene rings is 2. The standard InChI is InChI=1S/C15H9N3O2/c19-14-11-5-1-3-9-4-2-6-12(13(9)11)15(20)18(14)10-7-16-17-8-10/h1-8H,(H,16,17). The van der Waals surface area contributed by atoms with Gasteiger partial charge in [-0.1, -0.05) is 24.3 Å². The third-order valence-electron chi connectivity index (χ3n) is 3.51. The van der Waals surface area contributed by atoms with Crippen LogP contribution in [0.3, 0.4) is 0 Å². The molecule has 3 aromatic rings. The molecular formula is C15H9N3O2. The molecule has 0 saturated heterocycles. The summed E-state index contributed by atoms with van der Waals surface area (Å²) >= 11 is 0. The molecule has 0 aliphatic carbocycles. The first-order valence-corrected chi connectivity index (χ1v) is 6.16. The third kappa shape index (κ3) is 1.29. The molecule has 2 heterocycles. The van der Waals surface area contributed by atoms with Gasteiger partial charge >= 0.3 is 0 Å². The molecule has 0 radical (unpaired) electrons. The van der Waals surface area contributed by atoms with Crippen molar-refractivity contribution in [1.29, 1.82) is 0 Å². The Bertz CT molecular complexity index is 802. The summed E-state index contributed by atoms with van der Waals surface area (Å²) in [5.74, 6) is -0.638. The Labute approximate surface area is 113 Å². The van der Waals surface area contributed by atoms with Crippen molar-refractivity contribution in [2.24, 2.45) is 0 Å². The van der Waals surface area contributed by atoms with Gasteiger partial charge in [0.25, 0.3) is 11.8 Å². The quantitative estimate of drug-likeness (QED) is 0.685. The van der Waals surface area contributed by atoms with Gasteiger partial charge in [0.2, 0.25) is 0 Å². The molecule has 20 heavy (non-hydrogen) atoms. The van der Waals surface area contributed by atoms with Crippen molar-refractivity contribution >= 4 is 28.3 Å². The van der Waals surface area contributed by atoms with Crippen LogP contribution in [0.15, 0.2) is 48.8 Å². The van der Waals surface area contributed by atoms with Crippen molar-refractivity contribution < 1.29 is 9.59 Å². The summed E-state index contributed by atoms with van der Waals surface area (Å²) in [6.45, 7) is 0. The fourth-order valence-corrected chi connectivity index (χ4v) is 2.63. The van der Waals surface area contributed by atoms with E-state index >= 15 is 0 Å². The summed E-state index contributed by atoms with van der Waals surface area (Å²) in [4.78, 5) is 26.3. The van der Waals surface area contributed by atoms with Crippen molar-refractivity contribution in [3.8, 4) is 0 Å². The Kier molecular flexibility index (Phi) is 2.06. The summed E-state index contributed by atoms with van der Waals surface area (Å²) in [6.07, 6.45) is 2.99. The minimum absolute atomic E-state index is 0.319. The number of amides is 2. The normalized spacial score (nSPS) is 14.1. The van der Waals surface area contributed by atoms with Gasteiger partial charge in [0, 0.05) is 22.7 Å². The molecule has 1 aliphatic heterocycles. The number of hydrogen-bond acceptors (Lipinski definition) is 3. The molecule has 2 aromatic carbocycles. The second-order valence-corrected chi connectivity index (χ2v) is 4.61. The van der Waals surface area contributed by atoms with Crippen LogP contribution in [0.4, 0.5) is 5.69 Å². The van der Waals surface area contributed by atoms with Crippen LogP contribution in [-0.2, 0) is 0 Å². The largest absolute Gasteiger partial charge is 0.284 e. The summed E-state index contributed by atoms with van der Waals surface area (Å²) in [6, 6.07) is 10.9. The molecule has 5 heteroatoms. The number of hydrogen-bond donors (Lipinski definition) is 1. The number of aromatic amines is 1. The number of rotatable bonds is 1. The van der Waals surface area contributed by atoms with Crippen LogP contribution < -0.4 is 4.90 Å². The molecule has 2 amide bonds. The highest BCUT2D eigenvalue weighted by molar-refractivity contribution is 6.35. The van der Waals surface area contributed by atoms with Crippen LogP contribution in [0.2, 0.25) is 0 Å². The lowest BCUT2D eigenvalue weighted by molar-refractivity contribution is 0.0893. The van der Waals surface area contributed by atoms with Crippen molar-refractivity contribution in [2.45, 2.75) is 0 Å². The van der Waals surface area contributed by atoms with E-state index in [0.717, 1.165) is 15.7 Å². The molecule has 0 saturated carbocycles. The van der Waals surface area contributed by atoms with Crippen molar-refractivity contribution in [2.75, 3.05) is 4.90 Å². The van der Waals surface area contributed by atoms with Crippen LogP contribution in [0.25, 0.3) is 10.8 Å². The zero-order valence-corrected chi connectivity index (χ0v) is 10.3. The zero-order chi connectivity index (χ0) is 13.7. The van der Waals surface area contributed by atoms with Gasteiger partial charge in [-0.05, 0) is 17.5 Å². The van der Waals surface area contributed by atoms with Gasteiger partial charge in [-0.2, -0.15) is 5.10 Å². The molecular weight excluding hydrogens is 254 g/mol. The van der Waals surface area contributed by atoms with Crippen LogP contribution in [0.1, 0.15) is 20.7 Å². The van der Waals surface area contributed by atoms with Crippen LogP contribution in [0, 0.1) is 0 Å². The van der Waals surface area contributed by atoms with E-state index in [1.54, 1.807) is 12.1 Å². The van der Waals surface area contributed by atoms with E-state index < -0.39 is 0 Å². The summed E-state index contributed by atoms with van der Waals surface area (Å²) in [5.41, 5.74) is 1.53. The predicted octanol–water partition coefficient (Wildman–Crippen LogP) is 2.36. The zero-order valence-electron chi connectivity index (χ0n) is 10.3. The molecule has 0 unspecified atom stereocenters. The number of anilines is 1. The minimum atomic E-state index is -0.319. The maximum atomic E-state index is 12.6. The molecule has 1 aromatic heterocycles. The number of imide groups is 1. The minimum Gasteiger partial charge on any atom is -0.284 e. The van der Waals surface area contributed by atoms with Crippen molar-refractivity contribution in [3.05, 3.63) is 59.9 Å². The van der Waals surface area contributed by atoms with E-state index in [0.29, 0.717) is 16.8 Å². The lowest BCUT2D eigenvalue weighted by Crippen LogP contribution is -2.40. The maximum Gasteiger partial charge on any atom is 0.266 e. The van der Waals surface area contributed by atoms with Crippen LogP contribution >= 0.6 is 0 Å². The Morgan fingerprint density at radius 3 is 2.15 bits per heavy atom. The van der Waals surface area contributed by atoms with Gasteiger partial charge in [0.05, 0.1) is 11.9 Å². The highest BCUT2D eigenvalue weighted by Gasteiger charge is 2.34. The van der Waals surface area contributed by atoms with Gasteiger partial charge in [0.1, 0.15) is 0 Å². The number of carbonyl (C=O) groups excluding carboxylic acids is 2. The third-order valence-corrected chi connectivity index (χ3v) is 3.51. The lowest BCUT2D eigenvalue weighted by Gasteiger charge is -2.25. The molecule has 0 bridgehead atoms. The van der Waals surface area contributed by atoms with Gasteiger partial charge in [0.15, 0.2) is 0 Å². The molecule has 4 rings (SSSR count). The van der Waals surface area contributed by atoms with Crippen molar-refractivity contribution in [1.82, 2.24) is 10.2 Å².